The largest absolute Gasteiger partial charge is 0.507 e. The minimum atomic E-state index is -6.74. The molecule has 0 unspecified atom stereocenters. The van der Waals surface area contributed by atoms with Crippen LogP contribution in [0.3, 0.4) is 0 Å². The number of phenolic OH excluding ortho intramolecular Hbond substituents is 1. The summed E-state index contributed by atoms with van der Waals surface area (Å²) in [4.78, 5) is 21.9. The number of halogens is 8. The first-order valence-corrected chi connectivity index (χ1v) is 10.1. The lowest BCUT2D eigenvalue weighted by Crippen LogP contribution is -2.50. The number of nitrogens with two attached hydrogens (primary N) is 1. The SMILES string of the molecule is Cn1nnnc1Sc1c(C(N)=O)cc([N+](=O)[O-])cc1-c1c(O)cc(C(F)(F)C(F)(F)C(F)(F)F)cc1F. The highest BCUT2D eigenvalue weighted by molar-refractivity contribution is 7.99. The van der Waals surface area contributed by atoms with E-state index in [1.807, 2.05) is 0 Å². The third-order valence-electron chi connectivity index (χ3n) is 4.78. The topological polar surface area (TPSA) is 150 Å². The zero-order valence-electron chi connectivity index (χ0n) is 17.7. The fourth-order valence-corrected chi connectivity index (χ4v) is 3.97. The number of carbonyl (C=O) groups is 1. The van der Waals surface area contributed by atoms with Crippen LogP contribution in [-0.4, -0.2) is 48.2 Å². The number of tetrazole rings is 1. The van der Waals surface area contributed by atoms with Crippen LogP contribution in [0.15, 0.2) is 34.3 Å². The van der Waals surface area contributed by atoms with Crippen molar-refractivity contribution in [2.75, 3.05) is 0 Å². The van der Waals surface area contributed by atoms with Crippen molar-refractivity contribution in [3.63, 3.8) is 0 Å². The molecule has 1 amide bonds. The first kappa shape index (κ1) is 27.6. The molecule has 0 radical (unpaired) electrons. The zero-order valence-corrected chi connectivity index (χ0v) is 18.5. The molecule has 10 nitrogen and oxygen atoms in total. The van der Waals surface area contributed by atoms with Gasteiger partial charge in [-0.15, -0.1) is 5.10 Å². The fourth-order valence-electron chi connectivity index (χ4n) is 3.00. The maximum absolute atomic E-state index is 15.1. The van der Waals surface area contributed by atoms with Gasteiger partial charge in [-0.1, -0.05) is 0 Å². The quantitative estimate of drug-likeness (QED) is 0.249. The van der Waals surface area contributed by atoms with Crippen LogP contribution in [0.25, 0.3) is 11.1 Å². The highest BCUT2D eigenvalue weighted by atomic mass is 32.2. The van der Waals surface area contributed by atoms with Crippen LogP contribution in [0, 0.1) is 15.9 Å². The summed E-state index contributed by atoms with van der Waals surface area (Å²) in [5, 5.41) is 31.9. The summed E-state index contributed by atoms with van der Waals surface area (Å²) in [7, 11) is 1.31. The third-order valence-corrected chi connectivity index (χ3v) is 5.95. The van der Waals surface area contributed by atoms with Crippen LogP contribution in [0.5, 0.6) is 5.75 Å². The first-order valence-electron chi connectivity index (χ1n) is 9.28. The molecule has 1 aromatic heterocycles. The van der Waals surface area contributed by atoms with E-state index in [9.17, 15) is 50.7 Å². The van der Waals surface area contributed by atoms with Gasteiger partial charge in [0.1, 0.15) is 11.6 Å². The van der Waals surface area contributed by atoms with Crippen molar-refractivity contribution in [2.45, 2.75) is 28.1 Å². The fraction of sp³-hybridized carbons (Fsp3) is 0.222. The van der Waals surface area contributed by atoms with Gasteiger partial charge in [0.2, 0.25) is 11.1 Å². The van der Waals surface area contributed by atoms with Crippen LogP contribution in [-0.2, 0) is 13.0 Å². The lowest BCUT2D eigenvalue weighted by Gasteiger charge is -2.28. The Kier molecular flexibility index (Phi) is 6.80. The van der Waals surface area contributed by atoms with Crippen LogP contribution >= 0.6 is 11.8 Å². The summed E-state index contributed by atoms with van der Waals surface area (Å²) in [5.41, 5.74) is -0.417. The van der Waals surface area contributed by atoms with Crippen molar-refractivity contribution in [3.8, 4) is 16.9 Å². The van der Waals surface area contributed by atoms with Gasteiger partial charge in [-0.25, -0.2) is 9.07 Å². The summed E-state index contributed by atoms with van der Waals surface area (Å²) in [5.74, 6) is -17.6. The molecule has 198 valence electrons. The second kappa shape index (κ2) is 9.12. The molecular weight excluding hydrogens is 548 g/mol. The van der Waals surface area contributed by atoms with E-state index >= 15 is 4.39 Å². The molecule has 0 saturated heterocycles. The molecule has 37 heavy (non-hydrogen) atoms. The third kappa shape index (κ3) is 4.72. The number of alkyl halides is 7. The second-order valence-corrected chi connectivity index (χ2v) is 8.15. The Morgan fingerprint density at radius 2 is 1.76 bits per heavy atom. The number of phenols is 1. The Bertz CT molecular complexity index is 1390. The molecule has 0 aliphatic carbocycles. The van der Waals surface area contributed by atoms with Crippen LogP contribution in [0.1, 0.15) is 15.9 Å². The van der Waals surface area contributed by atoms with Crippen LogP contribution in [0.2, 0.25) is 0 Å². The van der Waals surface area contributed by atoms with Crippen LogP contribution in [0.4, 0.5) is 40.8 Å². The van der Waals surface area contributed by atoms with Crippen LogP contribution < -0.4 is 5.73 Å². The van der Waals surface area contributed by atoms with Gasteiger partial charge in [0.05, 0.1) is 16.1 Å². The number of nitro groups is 1. The Labute approximate surface area is 203 Å². The van der Waals surface area contributed by atoms with Gasteiger partial charge in [-0.2, -0.15) is 30.7 Å². The molecule has 0 aliphatic heterocycles. The molecule has 0 bridgehead atoms. The monoisotopic (exact) mass is 558 g/mol. The maximum Gasteiger partial charge on any atom is 0.460 e. The molecule has 0 aliphatic rings. The molecule has 3 N–H and O–H groups in total. The normalized spacial score (nSPS) is 12.6. The number of primary amides is 1. The van der Waals surface area contributed by atoms with Gasteiger partial charge in [0.15, 0.2) is 0 Å². The lowest BCUT2D eigenvalue weighted by atomic mass is 9.95. The number of aryl methyl sites for hydroxylation is 1. The summed E-state index contributed by atoms with van der Waals surface area (Å²) < 4.78 is 109. The Morgan fingerprint density at radius 3 is 2.22 bits per heavy atom. The number of carbonyl (C=O) groups excluding carboxylic acids is 1. The van der Waals surface area contributed by atoms with Crippen molar-refractivity contribution in [2.24, 2.45) is 12.8 Å². The summed E-state index contributed by atoms with van der Waals surface area (Å²) >= 11 is 0.461. The Morgan fingerprint density at radius 1 is 1.14 bits per heavy atom. The lowest BCUT2D eigenvalue weighted by molar-refractivity contribution is -0.384. The van der Waals surface area contributed by atoms with Crippen molar-refractivity contribution in [1.82, 2.24) is 20.2 Å². The van der Waals surface area contributed by atoms with E-state index in [0.29, 0.717) is 23.9 Å². The molecule has 0 fully saturated rings. The minimum Gasteiger partial charge on any atom is -0.507 e. The summed E-state index contributed by atoms with van der Waals surface area (Å²) in [6, 6.07) is 0.577. The predicted octanol–water partition coefficient (Wildman–Crippen LogP) is 4.17. The van der Waals surface area contributed by atoms with E-state index in [-0.39, 0.29) is 11.2 Å². The van der Waals surface area contributed by atoms with Gasteiger partial charge >= 0.3 is 18.0 Å². The van der Waals surface area contributed by atoms with E-state index in [2.05, 4.69) is 15.5 Å². The molecule has 0 spiro atoms. The number of amides is 1. The van der Waals surface area contributed by atoms with E-state index in [0.717, 1.165) is 4.68 Å². The average molecular weight is 558 g/mol. The highest BCUT2D eigenvalue weighted by Crippen LogP contribution is 2.53. The van der Waals surface area contributed by atoms with Gasteiger partial charge in [-0.05, 0) is 34.3 Å². The number of aromatic nitrogens is 4. The van der Waals surface area contributed by atoms with E-state index in [1.165, 1.54) is 7.05 Å². The molecule has 1 heterocycles. The molecular formula is C18H10F8N6O4S. The molecule has 2 aromatic carbocycles. The first-order chi connectivity index (χ1) is 16.9. The van der Waals surface area contributed by atoms with Gasteiger partial charge in [-0.3, -0.25) is 14.9 Å². The smallest absolute Gasteiger partial charge is 0.460 e. The molecule has 0 atom stereocenters. The Balaban J connectivity index is 2.33. The number of nitro benzene ring substituents is 1. The summed E-state index contributed by atoms with van der Waals surface area (Å²) in [6.07, 6.45) is -6.74. The minimum absolute atomic E-state index is 0.120. The molecule has 3 aromatic rings. The van der Waals surface area contributed by atoms with Gasteiger partial charge in [0.25, 0.3) is 5.69 Å². The number of hydrogen-bond donors (Lipinski definition) is 2. The highest BCUT2D eigenvalue weighted by Gasteiger charge is 2.73. The molecule has 0 saturated carbocycles. The number of benzene rings is 2. The number of nitrogens with zero attached hydrogens (tertiary/aromatic N) is 5. The number of non-ortho nitro benzene ring substituents is 1. The Hall–Kier alpha value is -4.03. The van der Waals surface area contributed by atoms with E-state index < -0.39 is 79.3 Å². The summed E-state index contributed by atoms with van der Waals surface area (Å²) in [6.45, 7) is 0. The van der Waals surface area contributed by atoms with Crippen molar-refractivity contribution in [3.05, 3.63) is 51.3 Å². The number of rotatable bonds is 7. The van der Waals surface area contributed by atoms with E-state index in [1.54, 1.807) is 0 Å². The van der Waals surface area contributed by atoms with Gasteiger partial charge in [0, 0.05) is 35.2 Å². The van der Waals surface area contributed by atoms with Gasteiger partial charge < -0.3 is 10.8 Å². The number of aromatic hydroxyl groups is 1. The molecule has 3 rings (SSSR count). The standard InChI is InChI=1S/C18H10F8N6O4S/c1-31-15(28-29-30-31)37-13-8(4-7(32(35)36)5-9(13)14(27)34)12-10(19)2-6(3-11(12)33)16(20,21)17(22,23)18(24,25)26/h2-5,33H,1H3,(H2,27,34). The van der Waals surface area contributed by atoms with Crippen molar-refractivity contribution in [1.29, 1.82) is 0 Å². The van der Waals surface area contributed by atoms with Crippen molar-refractivity contribution >= 4 is 23.4 Å². The maximum atomic E-state index is 15.1. The zero-order chi connectivity index (χ0) is 28.1. The predicted molar refractivity (Wildman–Crippen MR) is 106 cm³/mol. The van der Waals surface area contributed by atoms with Crippen molar-refractivity contribution < 1.29 is 49.9 Å². The molecule has 19 heteroatoms. The second-order valence-electron chi connectivity index (χ2n) is 7.18. The average Bonchev–Trinajstić information content (AvgIpc) is 3.17. The number of hydrogen-bond acceptors (Lipinski definition) is 8. The van der Waals surface area contributed by atoms with E-state index in [4.69, 9.17) is 5.73 Å².